The Morgan fingerprint density at radius 2 is 1.85 bits per heavy atom. The summed E-state index contributed by atoms with van der Waals surface area (Å²) >= 11 is 12.4. The van der Waals surface area contributed by atoms with Gasteiger partial charge in [0.1, 0.15) is 5.82 Å². The Kier molecular flexibility index (Phi) is 6.50. The number of pyridine rings is 1. The largest absolute Gasteiger partial charge is 0.417 e. The minimum absolute atomic E-state index is 0.131. The fraction of sp³-hybridized carbons (Fsp3) is 0.143. The van der Waals surface area contributed by atoms with Crippen molar-refractivity contribution in [3.8, 4) is 22.6 Å². The topological polar surface area (TPSA) is 105 Å². The number of halogens is 5. The maximum Gasteiger partial charge on any atom is 0.417 e. The van der Waals surface area contributed by atoms with Crippen molar-refractivity contribution < 1.29 is 13.2 Å². The molecule has 0 amide bonds. The number of alkyl halides is 3. The number of H-pyrrole nitrogens is 1. The van der Waals surface area contributed by atoms with Crippen LogP contribution in [0.3, 0.4) is 0 Å². The number of rotatable bonds is 6. The van der Waals surface area contributed by atoms with E-state index in [1.165, 1.54) is 6.07 Å². The minimum atomic E-state index is -4.46. The highest BCUT2D eigenvalue weighted by molar-refractivity contribution is 6.36. The summed E-state index contributed by atoms with van der Waals surface area (Å²) in [5, 5.41) is 3.86. The van der Waals surface area contributed by atoms with Crippen molar-refractivity contribution in [3.63, 3.8) is 0 Å². The molecule has 0 aliphatic rings. The van der Waals surface area contributed by atoms with Crippen molar-refractivity contribution >= 4 is 29.2 Å². The second kappa shape index (κ2) is 9.34. The quantitative estimate of drug-likeness (QED) is 0.333. The molecular weight excluding hydrogens is 478 g/mol. The normalized spacial score (nSPS) is 12.5. The number of nitrogens with one attached hydrogen (secondary N) is 2. The molecule has 1 aromatic carbocycles. The highest BCUT2D eigenvalue weighted by atomic mass is 35.5. The van der Waals surface area contributed by atoms with Gasteiger partial charge in [-0.05, 0) is 30.3 Å². The van der Waals surface area contributed by atoms with Gasteiger partial charge < -0.3 is 16.0 Å². The fourth-order valence-corrected chi connectivity index (χ4v) is 3.54. The lowest BCUT2D eigenvalue weighted by atomic mass is 10.1. The van der Waals surface area contributed by atoms with E-state index in [2.05, 4.69) is 30.2 Å². The molecule has 3 heterocycles. The van der Waals surface area contributed by atoms with Gasteiger partial charge in [-0.3, -0.25) is 4.98 Å². The first-order valence-corrected chi connectivity index (χ1v) is 10.3. The van der Waals surface area contributed by atoms with Crippen LogP contribution >= 0.6 is 23.2 Å². The van der Waals surface area contributed by atoms with Crippen LogP contribution in [0.5, 0.6) is 0 Å². The average molecular weight is 494 g/mol. The number of benzene rings is 1. The third-order valence-electron chi connectivity index (χ3n) is 4.70. The Balaban J connectivity index is 1.58. The van der Waals surface area contributed by atoms with Crippen LogP contribution in [0.25, 0.3) is 22.6 Å². The molecule has 12 heteroatoms. The van der Waals surface area contributed by atoms with Gasteiger partial charge in [-0.1, -0.05) is 23.2 Å². The first kappa shape index (κ1) is 23.0. The van der Waals surface area contributed by atoms with Crippen molar-refractivity contribution in [1.29, 1.82) is 0 Å². The predicted molar refractivity (Wildman–Crippen MR) is 120 cm³/mol. The number of nitrogens with zero attached hydrogens (tertiary/aromatic N) is 4. The smallest absolute Gasteiger partial charge is 0.352 e. The molecule has 4 N–H and O–H groups in total. The predicted octanol–water partition coefficient (Wildman–Crippen LogP) is 5.37. The zero-order valence-corrected chi connectivity index (χ0v) is 18.2. The SMILES string of the molecule is NC(CNc1ncc(-c2ncc[nH]2)c(-c2ccc(Cl)cc2Cl)n1)c1ccc(C(F)(F)F)cn1. The molecule has 0 saturated carbocycles. The molecule has 33 heavy (non-hydrogen) atoms. The molecule has 0 saturated heterocycles. The Labute approximate surface area is 196 Å². The number of hydrogen-bond acceptors (Lipinski definition) is 6. The molecule has 4 rings (SSSR count). The van der Waals surface area contributed by atoms with Crippen molar-refractivity contribution in [2.24, 2.45) is 5.73 Å². The third-order valence-corrected chi connectivity index (χ3v) is 5.25. The minimum Gasteiger partial charge on any atom is -0.352 e. The molecule has 7 nitrogen and oxygen atoms in total. The number of hydrogen-bond donors (Lipinski definition) is 3. The Bertz CT molecular complexity index is 1250. The van der Waals surface area contributed by atoms with Crippen LogP contribution < -0.4 is 11.1 Å². The highest BCUT2D eigenvalue weighted by Crippen LogP contribution is 2.35. The maximum atomic E-state index is 12.7. The van der Waals surface area contributed by atoms with E-state index in [0.717, 1.165) is 12.3 Å². The van der Waals surface area contributed by atoms with E-state index < -0.39 is 17.8 Å². The second-order valence-corrected chi connectivity index (χ2v) is 7.82. The van der Waals surface area contributed by atoms with Crippen LogP contribution in [0, 0.1) is 0 Å². The first-order chi connectivity index (χ1) is 15.7. The number of aromatic nitrogens is 5. The van der Waals surface area contributed by atoms with Crippen LogP contribution in [0.15, 0.2) is 55.1 Å². The van der Waals surface area contributed by atoms with Gasteiger partial charge in [-0.25, -0.2) is 15.0 Å². The lowest BCUT2D eigenvalue weighted by Crippen LogP contribution is -2.23. The van der Waals surface area contributed by atoms with E-state index in [1.807, 2.05) is 0 Å². The molecule has 0 fully saturated rings. The van der Waals surface area contributed by atoms with Gasteiger partial charge in [0.2, 0.25) is 5.95 Å². The summed E-state index contributed by atoms with van der Waals surface area (Å²) in [6.45, 7) is 0.131. The number of nitrogens with two attached hydrogens (primary N) is 1. The highest BCUT2D eigenvalue weighted by Gasteiger charge is 2.30. The summed E-state index contributed by atoms with van der Waals surface area (Å²) in [4.78, 5) is 20.0. The molecular formula is C21H16Cl2F3N7. The van der Waals surface area contributed by atoms with E-state index in [0.29, 0.717) is 38.4 Å². The molecule has 1 atom stereocenters. The first-order valence-electron chi connectivity index (χ1n) is 9.57. The Morgan fingerprint density at radius 1 is 1.03 bits per heavy atom. The van der Waals surface area contributed by atoms with Crippen molar-refractivity contribution in [1.82, 2.24) is 24.9 Å². The molecule has 4 aromatic rings. The van der Waals surface area contributed by atoms with E-state index >= 15 is 0 Å². The van der Waals surface area contributed by atoms with Crippen molar-refractivity contribution in [2.45, 2.75) is 12.2 Å². The average Bonchev–Trinajstić information content (AvgIpc) is 3.31. The second-order valence-electron chi connectivity index (χ2n) is 6.97. The summed E-state index contributed by atoms with van der Waals surface area (Å²) in [5.41, 5.74) is 7.28. The van der Waals surface area contributed by atoms with Gasteiger partial charge in [0.25, 0.3) is 0 Å². The van der Waals surface area contributed by atoms with E-state index in [-0.39, 0.29) is 12.5 Å². The molecule has 0 aliphatic carbocycles. The number of anilines is 1. The van der Waals surface area contributed by atoms with Gasteiger partial charge in [-0.15, -0.1) is 0 Å². The van der Waals surface area contributed by atoms with Crippen LogP contribution in [-0.4, -0.2) is 31.5 Å². The van der Waals surface area contributed by atoms with Gasteiger partial charge in [0.05, 0.1) is 33.6 Å². The molecule has 0 radical (unpaired) electrons. The molecule has 0 spiro atoms. The summed E-state index contributed by atoms with van der Waals surface area (Å²) in [6.07, 6.45) is 1.15. The Hall–Kier alpha value is -3.21. The summed E-state index contributed by atoms with van der Waals surface area (Å²) in [6, 6.07) is 6.53. The summed E-state index contributed by atoms with van der Waals surface area (Å²) in [7, 11) is 0. The van der Waals surface area contributed by atoms with Gasteiger partial charge >= 0.3 is 6.18 Å². The van der Waals surface area contributed by atoms with Crippen molar-refractivity contribution in [2.75, 3.05) is 11.9 Å². The zero-order chi connectivity index (χ0) is 23.6. The van der Waals surface area contributed by atoms with E-state index in [1.54, 1.807) is 36.8 Å². The number of aromatic amines is 1. The summed E-state index contributed by atoms with van der Waals surface area (Å²) in [5.74, 6) is 0.793. The van der Waals surface area contributed by atoms with Gasteiger partial charge in [0, 0.05) is 41.9 Å². The molecule has 0 aliphatic heterocycles. The van der Waals surface area contributed by atoms with E-state index in [4.69, 9.17) is 28.9 Å². The Morgan fingerprint density at radius 3 is 2.48 bits per heavy atom. The van der Waals surface area contributed by atoms with Crippen molar-refractivity contribution in [3.05, 3.63) is 76.4 Å². The van der Waals surface area contributed by atoms with Gasteiger partial charge in [-0.2, -0.15) is 13.2 Å². The molecule has 3 aromatic heterocycles. The number of imidazole rings is 1. The lowest BCUT2D eigenvalue weighted by molar-refractivity contribution is -0.137. The van der Waals surface area contributed by atoms with Crippen LogP contribution in [0.2, 0.25) is 10.0 Å². The molecule has 0 bridgehead atoms. The zero-order valence-electron chi connectivity index (χ0n) is 16.7. The van der Waals surface area contributed by atoms with E-state index in [9.17, 15) is 13.2 Å². The monoisotopic (exact) mass is 493 g/mol. The third kappa shape index (κ3) is 5.24. The maximum absolute atomic E-state index is 12.7. The lowest BCUT2D eigenvalue weighted by Gasteiger charge is -2.15. The molecule has 170 valence electrons. The van der Waals surface area contributed by atoms with Crippen LogP contribution in [0.4, 0.5) is 19.1 Å². The standard InChI is InChI=1S/C21H16Cl2F3N7/c22-12-2-3-13(15(23)7-12)18-14(19-28-5-6-29-19)9-31-20(33-18)32-10-16(27)17-4-1-11(8-30-17)21(24,25)26/h1-9,16H,10,27H2,(H,28,29)(H,31,32,33). The van der Waals surface area contributed by atoms with Crippen LogP contribution in [-0.2, 0) is 6.18 Å². The van der Waals surface area contributed by atoms with Crippen LogP contribution in [0.1, 0.15) is 17.3 Å². The van der Waals surface area contributed by atoms with Gasteiger partial charge in [0.15, 0.2) is 0 Å². The summed E-state index contributed by atoms with van der Waals surface area (Å²) < 4.78 is 38.2. The fourth-order valence-electron chi connectivity index (χ4n) is 3.04. The molecule has 1 unspecified atom stereocenters.